The van der Waals surface area contributed by atoms with Crippen molar-refractivity contribution in [3.05, 3.63) is 57.5 Å². The average Bonchev–Trinajstić information content (AvgIpc) is 3.29. The molecule has 2 amide bonds. The Morgan fingerprint density at radius 1 is 1.08 bits per heavy atom. The van der Waals surface area contributed by atoms with Crippen LogP contribution in [0.3, 0.4) is 0 Å². The Morgan fingerprint density at radius 2 is 1.80 bits per heavy atom. The second-order valence-electron chi connectivity index (χ2n) is 5.72. The number of ether oxygens (including phenoxy) is 1. The molecule has 2 heterocycles. The topological polar surface area (TPSA) is 67.4 Å². The van der Waals surface area contributed by atoms with Crippen LogP contribution in [0.4, 0.5) is 4.39 Å². The van der Waals surface area contributed by atoms with Gasteiger partial charge < -0.3 is 15.4 Å². The van der Waals surface area contributed by atoms with Crippen molar-refractivity contribution >= 4 is 23.2 Å². The maximum atomic E-state index is 12.8. The number of halogens is 1. The average molecular weight is 362 g/mol. The molecule has 1 aromatic heterocycles. The number of benzene rings is 1. The Balaban J connectivity index is 1.42. The van der Waals surface area contributed by atoms with Crippen LogP contribution in [-0.2, 0) is 4.74 Å². The summed E-state index contributed by atoms with van der Waals surface area (Å²) in [6.45, 7) is 1.39. The maximum Gasteiger partial charge on any atom is 0.261 e. The third kappa shape index (κ3) is 4.64. The monoisotopic (exact) mass is 362 g/mol. The van der Waals surface area contributed by atoms with Gasteiger partial charge in [-0.2, -0.15) is 0 Å². The van der Waals surface area contributed by atoms with Crippen LogP contribution in [0.15, 0.2) is 36.4 Å². The van der Waals surface area contributed by atoms with E-state index in [0.29, 0.717) is 23.5 Å². The van der Waals surface area contributed by atoms with Gasteiger partial charge in [0.15, 0.2) is 0 Å². The fraction of sp³-hybridized carbons (Fsp3) is 0.333. The van der Waals surface area contributed by atoms with E-state index >= 15 is 0 Å². The van der Waals surface area contributed by atoms with Crippen molar-refractivity contribution < 1.29 is 18.7 Å². The van der Waals surface area contributed by atoms with Crippen molar-refractivity contribution in [2.75, 3.05) is 19.7 Å². The SMILES string of the molecule is O=C(NCCNC(=O)c1ccc([C@@H]2CCCO2)s1)c1ccc(F)cc1. The quantitative estimate of drug-likeness (QED) is 0.777. The van der Waals surface area contributed by atoms with E-state index in [1.807, 2.05) is 6.07 Å². The molecule has 2 N–H and O–H groups in total. The number of thiophene rings is 1. The highest BCUT2D eigenvalue weighted by Crippen LogP contribution is 2.33. The second-order valence-corrected chi connectivity index (χ2v) is 6.84. The molecule has 0 bridgehead atoms. The van der Waals surface area contributed by atoms with Gasteiger partial charge in [0.05, 0.1) is 11.0 Å². The van der Waals surface area contributed by atoms with Gasteiger partial charge in [-0.1, -0.05) is 0 Å². The molecule has 0 radical (unpaired) electrons. The number of carbonyl (C=O) groups excluding carboxylic acids is 2. The standard InChI is InChI=1S/C18H19FN2O3S/c19-13-5-3-12(4-6-13)17(22)20-9-10-21-18(23)16-8-7-15(25-16)14-2-1-11-24-14/h3-8,14H,1-2,9-11H2,(H,20,22)(H,21,23)/t14-/m0/s1. The number of hydrogen-bond donors (Lipinski definition) is 2. The van der Waals surface area contributed by atoms with E-state index in [9.17, 15) is 14.0 Å². The minimum Gasteiger partial charge on any atom is -0.373 e. The highest BCUT2D eigenvalue weighted by molar-refractivity contribution is 7.14. The fourth-order valence-corrected chi connectivity index (χ4v) is 3.60. The zero-order valence-corrected chi connectivity index (χ0v) is 14.4. The van der Waals surface area contributed by atoms with Crippen molar-refractivity contribution in [2.45, 2.75) is 18.9 Å². The third-order valence-corrected chi connectivity index (χ3v) is 5.08. The molecule has 1 atom stereocenters. The van der Waals surface area contributed by atoms with E-state index in [-0.39, 0.29) is 23.7 Å². The first kappa shape index (κ1) is 17.6. The number of amides is 2. The summed E-state index contributed by atoms with van der Waals surface area (Å²) in [7, 11) is 0. The molecule has 3 rings (SSSR count). The van der Waals surface area contributed by atoms with Crippen molar-refractivity contribution in [1.82, 2.24) is 10.6 Å². The number of nitrogens with one attached hydrogen (secondary N) is 2. The van der Waals surface area contributed by atoms with Crippen LogP contribution < -0.4 is 10.6 Å². The first-order chi connectivity index (χ1) is 12.1. The predicted octanol–water partition coefficient (Wildman–Crippen LogP) is 2.90. The summed E-state index contributed by atoms with van der Waals surface area (Å²) in [4.78, 5) is 25.7. The van der Waals surface area contributed by atoms with E-state index in [1.54, 1.807) is 6.07 Å². The van der Waals surface area contributed by atoms with Gasteiger partial charge in [-0.3, -0.25) is 9.59 Å². The van der Waals surface area contributed by atoms with Crippen LogP contribution in [0.25, 0.3) is 0 Å². The second kappa shape index (κ2) is 8.22. The summed E-state index contributed by atoms with van der Waals surface area (Å²) >= 11 is 1.44. The Kier molecular flexibility index (Phi) is 5.78. The van der Waals surface area contributed by atoms with E-state index in [4.69, 9.17) is 4.74 Å². The molecule has 5 nitrogen and oxygen atoms in total. The molecule has 25 heavy (non-hydrogen) atoms. The summed E-state index contributed by atoms with van der Waals surface area (Å²) in [5, 5.41) is 5.46. The highest BCUT2D eigenvalue weighted by Gasteiger charge is 2.20. The molecule has 2 aromatic rings. The molecular formula is C18H19FN2O3S. The van der Waals surface area contributed by atoms with Gasteiger partial charge >= 0.3 is 0 Å². The van der Waals surface area contributed by atoms with Crippen LogP contribution in [0, 0.1) is 5.82 Å². The Hall–Kier alpha value is -2.25. The molecule has 0 saturated carbocycles. The number of rotatable bonds is 6. The molecule has 1 aromatic carbocycles. The Morgan fingerprint density at radius 3 is 2.48 bits per heavy atom. The zero-order chi connectivity index (χ0) is 17.6. The van der Waals surface area contributed by atoms with Crippen LogP contribution >= 0.6 is 11.3 Å². The first-order valence-electron chi connectivity index (χ1n) is 8.17. The predicted molar refractivity (Wildman–Crippen MR) is 93.3 cm³/mol. The summed E-state index contributed by atoms with van der Waals surface area (Å²) in [6.07, 6.45) is 2.16. The largest absolute Gasteiger partial charge is 0.373 e. The van der Waals surface area contributed by atoms with Crippen LogP contribution in [0.1, 0.15) is 43.9 Å². The summed E-state index contributed by atoms with van der Waals surface area (Å²) in [5.74, 6) is -0.849. The van der Waals surface area contributed by atoms with Crippen molar-refractivity contribution in [1.29, 1.82) is 0 Å². The van der Waals surface area contributed by atoms with Crippen LogP contribution in [0.2, 0.25) is 0 Å². The lowest BCUT2D eigenvalue weighted by Crippen LogP contribution is -2.34. The molecule has 7 heteroatoms. The van der Waals surface area contributed by atoms with Crippen molar-refractivity contribution in [3.8, 4) is 0 Å². The van der Waals surface area contributed by atoms with Crippen molar-refractivity contribution in [3.63, 3.8) is 0 Å². The Bertz CT molecular complexity index is 739. The summed E-state index contributed by atoms with van der Waals surface area (Å²) in [6, 6.07) is 9.04. The number of hydrogen-bond acceptors (Lipinski definition) is 4. The lowest BCUT2D eigenvalue weighted by Gasteiger charge is -2.07. The van der Waals surface area contributed by atoms with E-state index in [2.05, 4.69) is 10.6 Å². The molecule has 1 aliphatic rings. The highest BCUT2D eigenvalue weighted by atomic mass is 32.1. The molecule has 0 unspecified atom stereocenters. The molecule has 0 spiro atoms. The van der Waals surface area contributed by atoms with E-state index in [1.165, 1.54) is 35.6 Å². The fourth-order valence-electron chi connectivity index (χ4n) is 2.59. The summed E-state index contributed by atoms with van der Waals surface area (Å²) in [5.41, 5.74) is 0.382. The van der Waals surface area contributed by atoms with Gasteiger partial charge in [-0.05, 0) is 49.2 Å². The molecular weight excluding hydrogens is 343 g/mol. The van der Waals surface area contributed by atoms with Gasteiger partial charge in [0.1, 0.15) is 5.82 Å². The maximum absolute atomic E-state index is 12.8. The van der Waals surface area contributed by atoms with Gasteiger partial charge in [0.25, 0.3) is 11.8 Å². The smallest absolute Gasteiger partial charge is 0.261 e. The van der Waals surface area contributed by atoms with Gasteiger partial charge in [-0.25, -0.2) is 4.39 Å². The Labute approximate surface area is 149 Å². The minimum absolute atomic E-state index is 0.113. The lowest BCUT2D eigenvalue weighted by molar-refractivity contribution is 0.0929. The van der Waals surface area contributed by atoms with Gasteiger partial charge in [0, 0.05) is 30.1 Å². The third-order valence-electron chi connectivity index (χ3n) is 3.90. The normalized spacial score (nSPS) is 16.6. The van der Waals surface area contributed by atoms with E-state index < -0.39 is 0 Å². The number of carbonyl (C=O) groups is 2. The van der Waals surface area contributed by atoms with Gasteiger partial charge in [-0.15, -0.1) is 11.3 Å². The van der Waals surface area contributed by atoms with E-state index in [0.717, 1.165) is 24.3 Å². The zero-order valence-electron chi connectivity index (χ0n) is 13.6. The van der Waals surface area contributed by atoms with Crippen LogP contribution in [-0.4, -0.2) is 31.5 Å². The van der Waals surface area contributed by atoms with Gasteiger partial charge in [0.2, 0.25) is 0 Å². The minimum atomic E-state index is -0.387. The lowest BCUT2D eigenvalue weighted by atomic mass is 10.2. The molecule has 1 fully saturated rings. The molecule has 132 valence electrons. The molecule has 1 saturated heterocycles. The van der Waals surface area contributed by atoms with Crippen molar-refractivity contribution in [2.24, 2.45) is 0 Å². The van der Waals surface area contributed by atoms with Crippen LogP contribution in [0.5, 0.6) is 0 Å². The molecule has 1 aliphatic heterocycles. The first-order valence-corrected chi connectivity index (χ1v) is 8.98. The summed E-state index contributed by atoms with van der Waals surface area (Å²) < 4.78 is 18.4. The molecule has 0 aliphatic carbocycles.